The molecular weight excluding hydrogens is 483 g/mol. The molecular formula is C23H19FN2O6S2. The maximum absolute atomic E-state index is 13.6. The molecule has 11 heteroatoms. The lowest BCUT2D eigenvalue weighted by atomic mass is 10.1. The average molecular weight is 503 g/mol. The standard InChI is InChI=1S/C23H19FN2O6S2/c1-3-32-22(29)19-13(2)25-23(33-19)26-17(14-9-11-15(24)12-10-14)20(18(27)21(26)28)34(30,31)16-7-5-4-6-8-16/h4-12,17,27H,3H2,1-2H3. The molecule has 34 heavy (non-hydrogen) atoms. The van der Waals surface area contributed by atoms with Gasteiger partial charge in [0.1, 0.15) is 21.6 Å². The van der Waals surface area contributed by atoms with Crippen LogP contribution < -0.4 is 4.90 Å². The van der Waals surface area contributed by atoms with E-state index < -0.39 is 44.2 Å². The van der Waals surface area contributed by atoms with E-state index in [4.69, 9.17) is 4.74 Å². The lowest BCUT2D eigenvalue weighted by Gasteiger charge is -2.24. The zero-order valence-corrected chi connectivity index (χ0v) is 19.7. The van der Waals surface area contributed by atoms with Crippen molar-refractivity contribution in [1.29, 1.82) is 0 Å². The van der Waals surface area contributed by atoms with E-state index in [1.807, 2.05) is 0 Å². The van der Waals surface area contributed by atoms with Gasteiger partial charge in [0, 0.05) is 0 Å². The van der Waals surface area contributed by atoms with Crippen molar-refractivity contribution in [2.45, 2.75) is 24.8 Å². The van der Waals surface area contributed by atoms with Crippen LogP contribution in [0.25, 0.3) is 0 Å². The van der Waals surface area contributed by atoms with Crippen molar-refractivity contribution in [1.82, 2.24) is 4.98 Å². The highest BCUT2D eigenvalue weighted by Gasteiger charge is 2.49. The molecule has 0 spiro atoms. The number of rotatable bonds is 6. The summed E-state index contributed by atoms with van der Waals surface area (Å²) in [4.78, 5) is 30.2. The molecule has 176 valence electrons. The van der Waals surface area contributed by atoms with Crippen LogP contribution in [0.15, 0.2) is 70.2 Å². The summed E-state index contributed by atoms with van der Waals surface area (Å²) in [6.45, 7) is 3.33. The van der Waals surface area contributed by atoms with E-state index in [1.165, 1.54) is 36.4 Å². The Morgan fingerprint density at radius 2 is 1.82 bits per heavy atom. The highest BCUT2D eigenvalue weighted by molar-refractivity contribution is 7.95. The molecule has 4 rings (SSSR count). The zero-order chi connectivity index (χ0) is 24.6. The van der Waals surface area contributed by atoms with Crippen molar-refractivity contribution in [2.24, 2.45) is 0 Å². The van der Waals surface area contributed by atoms with Crippen LogP contribution in [-0.4, -0.2) is 37.0 Å². The topological polar surface area (TPSA) is 114 Å². The lowest BCUT2D eigenvalue weighted by molar-refractivity contribution is -0.117. The van der Waals surface area contributed by atoms with Gasteiger partial charge in [-0.25, -0.2) is 22.6 Å². The molecule has 1 aliphatic heterocycles. The van der Waals surface area contributed by atoms with Crippen LogP contribution in [0.4, 0.5) is 9.52 Å². The number of aryl methyl sites for hydroxylation is 1. The molecule has 0 saturated carbocycles. The van der Waals surface area contributed by atoms with Gasteiger partial charge < -0.3 is 9.84 Å². The van der Waals surface area contributed by atoms with Crippen molar-refractivity contribution >= 4 is 38.2 Å². The van der Waals surface area contributed by atoms with E-state index in [2.05, 4.69) is 4.98 Å². The Hall–Kier alpha value is -3.57. The zero-order valence-electron chi connectivity index (χ0n) is 18.1. The molecule has 1 unspecified atom stereocenters. The first-order valence-electron chi connectivity index (χ1n) is 10.1. The average Bonchev–Trinajstić information content (AvgIpc) is 3.32. The number of hydrogen-bond donors (Lipinski definition) is 1. The Morgan fingerprint density at radius 3 is 2.44 bits per heavy atom. The minimum Gasteiger partial charge on any atom is -0.502 e. The molecule has 2 aromatic carbocycles. The van der Waals surface area contributed by atoms with Gasteiger partial charge in [-0.2, -0.15) is 0 Å². The molecule has 3 aromatic rings. The van der Waals surface area contributed by atoms with Gasteiger partial charge in [0.15, 0.2) is 10.9 Å². The number of hydrogen-bond acceptors (Lipinski definition) is 8. The number of benzene rings is 2. The first kappa shape index (κ1) is 23.6. The Morgan fingerprint density at radius 1 is 1.18 bits per heavy atom. The Balaban J connectivity index is 1.90. The van der Waals surface area contributed by atoms with Gasteiger partial charge >= 0.3 is 5.97 Å². The second kappa shape index (κ2) is 8.99. The SMILES string of the molecule is CCOC(=O)c1sc(N2C(=O)C(O)=C(S(=O)(=O)c3ccccc3)C2c2ccc(F)cc2)nc1C. The van der Waals surface area contributed by atoms with Crippen molar-refractivity contribution < 1.29 is 32.2 Å². The molecule has 0 saturated heterocycles. The molecule has 1 aromatic heterocycles. The second-order valence-electron chi connectivity index (χ2n) is 7.29. The number of sulfone groups is 1. The van der Waals surface area contributed by atoms with E-state index >= 15 is 0 Å². The Labute approximate surface area is 198 Å². The van der Waals surface area contributed by atoms with E-state index in [0.29, 0.717) is 0 Å². The van der Waals surface area contributed by atoms with Gasteiger partial charge in [0.05, 0.1) is 17.2 Å². The number of aromatic nitrogens is 1. The summed E-state index contributed by atoms with van der Waals surface area (Å²) in [5.41, 5.74) is 0.516. The minimum absolute atomic E-state index is 0.00955. The largest absolute Gasteiger partial charge is 0.502 e. The number of aliphatic hydroxyl groups is 1. The quantitative estimate of drug-likeness (QED) is 0.505. The number of nitrogens with zero attached hydrogens (tertiary/aromatic N) is 2. The minimum atomic E-state index is -4.34. The van der Waals surface area contributed by atoms with Gasteiger partial charge in [-0.1, -0.05) is 41.7 Å². The highest BCUT2D eigenvalue weighted by atomic mass is 32.2. The van der Waals surface area contributed by atoms with E-state index in [-0.39, 0.29) is 32.8 Å². The number of anilines is 1. The fourth-order valence-electron chi connectivity index (χ4n) is 3.60. The number of amides is 1. The predicted molar refractivity (Wildman–Crippen MR) is 123 cm³/mol. The van der Waals surface area contributed by atoms with Gasteiger partial charge in [0.2, 0.25) is 9.84 Å². The first-order valence-corrected chi connectivity index (χ1v) is 12.4. The van der Waals surface area contributed by atoms with Gasteiger partial charge in [0.25, 0.3) is 5.91 Å². The van der Waals surface area contributed by atoms with Crippen LogP contribution in [0, 0.1) is 12.7 Å². The number of carbonyl (C=O) groups is 2. The first-order chi connectivity index (χ1) is 16.2. The van der Waals surface area contributed by atoms with Crippen molar-refractivity contribution in [3.8, 4) is 0 Å². The maximum atomic E-state index is 13.6. The molecule has 1 atom stereocenters. The summed E-state index contributed by atoms with van der Waals surface area (Å²) in [7, 11) is -4.34. The second-order valence-corrected chi connectivity index (χ2v) is 10.2. The van der Waals surface area contributed by atoms with Crippen LogP contribution in [0.2, 0.25) is 0 Å². The van der Waals surface area contributed by atoms with Crippen LogP contribution >= 0.6 is 11.3 Å². The summed E-state index contributed by atoms with van der Waals surface area (Å²) in [6.07, 6.45) is 0. The molecule has 0 aliphatic carbocycles. The third kappa shape index (κ3) is 3.97. The summed E-state index contributed by atoms with van der Waals surface area (Å²) >= 11 is 0.833. The highest BCUT2D eigenvalue weighted by Crippen LogP contribution is 2.46. The van der Waals surface area contributed by atoms with Crippen molar-refractivity contribution in [3.63, 3.8) is 0 Å². The summed E-state index contributed by atoms with van der Waals surface area (Å²) in [5.74, 6) is -3.17. The summed E-state index contributed by atoms with van der Waals surface area (Å²) in [6, 6.07) is 10.9. The third-order valence-corrected chi connectivity index (χ3v) is 8.17. The molecule has 0 bridgehead atoms. The van der Waals surface area contributed by atoms with E-state index in [1.54, 1.807) is 19.9 Å². The fraction of sp³-hybridized carbons (Fsp3) is 0.174. The molecule has 1 amide bonds. The van der Waals surface area contributed by atoms with E-state index in [0.717, 1.165) is 28.4 Å². The number of carbonyl (C=O) groups excluding carboxylic acids is 2. The summed E-state index contributed by atoms with van der Waals surface area (Å²) < 4.78 is 45.7. The number of halogens is 1. The normalized spacial score (nSPS) is 16.3. The number of ether oxygens (including phenoxy) is 1. The number of esters is 1. The maximum Gasteiger partial charge on any atom is 0.350 e. The monoisotopic (exact) mass is 502 g/mol. The molecule has 0 radical (unpaired) electrons. The smallest absolute Gasteiger partial charge is 0.350 e. The number of thiazole rings is 1. The molecule has 8 nitrogen and oxygen atoms in total. The fourth-order valence-corrected chi connectivity index (χ4v) is 6.23. The van der Waals surface area contributed by atoms with Crippen molar-refractivity contribution in [2.75, 3.05) is 11.5 Å². The van der Waals surface area contributed by atoms with E-state index in [9.17, 15) is 27.5 Å². The van der Waals surface area contributed by atoms with Gasteiger partial charge in [-0.15, -0.1) is 0 Å². The number of aliphatic hydroxyl groups excluding tert-OH is 1. The van der Waals surface area contributed by atoms with Gasteiger partial charge in [-0.3, -0.25) is 9.69 Å². The Bertz CT molecular complexity index is 1400. The summed E-state index contributed by atoms with van der Waals surface area (Å²) in [5, 5.41) is 10.8. The third-order valence-electron chi connectivity index (χ3n) is 5.14. The molecule has 1 aliphatic rings. The van der Waals surface area contributed by atoms with Crippen molar-refractivity contribution in [3.05, 3.63) is 87.2 Å². The predicted octanol–water partition coefficient (Wildman–Crippen LogP) is 4.10. The molecule has 2 heterocycles. The van der Waals surface area contributed by atoms with Crippen LogP contribution in [0.3, 0.4) is 0 Å². The van der Waals surface area contributed by atoms with Gasteiger partial charge in [-0.05, 0) is 43.7 Å². The van der Waals surface area contributed by atoms with Crippen LogP contribution in [-0.2, 0) is 19.4 Å². The van der Waals surface area contributed by atoms with Crippen LogP contribution in [0.1, 0.15) is 33.9 Å². The Kier molecular flexibility index (Phi) is 6.24. The molecule has 0 fully saturated rings. The van der Waals surface area contributed by atoms with Crippen LogP contribution in [0.5, 0.6) is 0 Å². The molecule has 1 N–H and O–H groups in total. The lowest BCUT2D eigenvalue weighted by Crippen LogP contribution is -2.31.